The van der Waals surface area contributed by atoms with E-state index in [-0.39, 0.29) is 17.4 Å². The van der Waals surface area contributed by atoms with Crippen LogP contribution < -0.4 is 0 Å². The Morgan fingerprint density at radius 1 is 1.22 bits per heavy atom. The summed E-state index contributed by atoms with van der Waals surface area (Å²) in [6.45, 7) is 0.541. The largest absolute Gasteiger partial charge is 0.468 e. The van der Waals surface area contributed by atoms with Crippen LogP contribution in [0.3, 0.4) is 0 Å². The van der Waals surface area contributed by atoms with Gasteiger partial charge in [0.1, 0.15) is 5.25 Å². The number of thioether (sulfide) groups is 1. The normalized spacial score (nSPS) is 19.6. The molecule has 0 spiro atoms. The van der Waals surface area contributed by atoms with E-state index >= 15 is 0 Å². The van der Waals surface area contributed by atoms with Crippen LogP contribution in [0.1, 0.15) is 0 Å². The van der Waals surface area contributed by atoms with E-state index in [2.05, 4.69) is 0 Å². The predicted octanol–water partition coefficient (Wildman–Crippen LogP) is 2.12. The van der Waals surface area contributed by atoms with E-state index in [4.69, 9.17) is 4.74 Å². The van der Waals surface area contributed by atoms with Crippen LogP contribution in [0.5, 0.6) is 0 Å². The van der Waals surface area contributed by atoms with Gasteiger partial charge in [0, 0.05) is 18.8 Å². The molecule has 0 bridgehead atoms. The summed E-state index contributed by atoms with van der Waals surface area (Å²) in [4.78, 5) is 11.9. The number of carbonyl (C=O) groups excluding carboxylic acids is 1. The molecular formula is C16H17NO4S2. The highest BCUT2D eigenvalue weighted by Gasteiger charge is 2.34. The van der Waals surface area contributed by atoms with Crippen LogP contribution in [0.4, 0.5) is 0 Å². The molecule has 1 atom stereocenters. The Balaban J connectivity index is 1.91. The van der Waals surface area contributed by atoms with E-state index < -0.39 is 15.3 Å². The standard InChI is InChI=1S/C16H17NO4S2/c1-21-16(18)15-11-17(8-9-22-15)23(19,20)14-7-6-12-4-2-3-5-13(12)10-14/h2-7,10,15H,8-9,11H2,1H3/t15-/m1/s1. The predicted molar refractivity (Wildman–Crippen MR) is 91.0 cm³/mol. The molecule has 0 amide bonds. The van der Waals surface area contributed by atoms with E-state index in [0.717, 1.165) is 10.8 Å². The van der Waals surface area contributed by atoms with Crippen LogP contribution in [0.2, 0.25) is 0 Å². The smallest absolute Gasteiger partial charge is 0.320 e. The van der Waals surface area contributed by atoms with Gasteiger partial charge in [-0.25, -0.2) is 8.42 Å². The lowest BCUT2D eigenvalue weighted by molar-refractivity contribution is -0.140. The highest BCUT2D eigenvalue weighted by Crippen LogP contribution is 2.27. The maximum Gasteiger partial charge on any atom is 0.320 e. The molecule has 0 aromatic heterocycles. The summed E-state index contributed by atoms with van der Waals surface area (Å²) >= 11 is 1.43. The van der Waals surface area contributed by atoms with Gasteiger partial charge in [0.2, 0.25) is 10.0 Å². The topological polar surface area (TPSA) is 63.7 Å². The number of rotatable bonds is 3. The van der Waals surface area contributed by atoms with E-state index in [1.165, 1.54) is 23.2 Å². The molecule has 2 aromatic rings. The summed E-state index contributed by atoms with van der Waals surface area (Å²) in [5, 5.41) is 1.40. The number of hydrogen-bond acceptors (Lipinski definition) is 5. The fourth-order valence-electron chi connectivity index (χ4n) is 2.59. The second-order valence-corrected chi connectivity index (χ2v) is 8.50. The lowest BCUT2D eigenvalue weighted by atomic mass is 10.1. The van der Waals surface area contributed by atoms with Crippen molar-refractivity contribution >= 4 is 38.5 Å². The Morgan fingerprint density at radius 2 is 1.96 bits per heavy atom. The molecule has 23 heavy (non-hydrogen) atoms. The molecule has 0 aliphatic carbocycles. The third-order valence-electron chi connectivity index (χ3n) is 3.85. The van der Waals surface area contributed by atoms with Crippen molar-refractivity contribution in [2.75, 3.05) is 26.0 Å². The minimum Gasteiger partial charge on any atom is -0.468 e. The average Bonchev–Trinajstić information content (AvgIpc) is 2.60. The molecule has 0 unspecified atom stereocenters. The van der Waals surface area contributed by atoms with Crippen molar-refractivity contribution in [3.8, 4) is 0 Å². The SMILES string of the molecule is COC(=O)[C@H]1CN(S(=O)(=O)c2ccc3ccccc3c2)CCS1. The number of benzene rings is 2. The van der Waals surface area contributed by atoms with Gasteiger partial charge in [-0.15, -0.1) is 11.8 Å². The molecule has 1 aliphatic heterocycles. The molecule has 0 N–H and O–H groups in total. The van der Waals surface area contributed by atoms with E-state index in [0.29, 0.717) is 12.3 Å². The Bertz CT molecular complexity index is 835. The van der Waals surface area contributed by atoms with Crippen molar-refractivity contribution < 1.29 is 17.9 Å². The van der Waals surface area contributed by atoms with Gasteiger partial charge >= 0.3 is 5.97 Å². The number of esters is 1. The molecule has 7 heteroatoms. The molecule has 0 saturated carbocycles. The summed E-state index contributed by atoms with van der Waals surface area (Å²) < 4.78 is 31.8. The fourth-order valence-corrected chi connectivity index (χ4v) is 5.42. The minimum atomic E-state index is -3.62. The van der Waals surface area contributed by atoms with Gasteiger partial charge in [0.25, 0.3) is 0 Å². The van der Waals surface area contributed by atoms with Gasteiger partial charge in [-0.1, -0.05) is 30.3 Å². The van der Waals surface area contributed by atoms with Crippen LogP contribution in [0.15, 0.2) is 47.4 Å². The lowest BCUT2D eigenvalue weighted by Crippen LogP contribution is -2.44. The van der Waals surface area contributed by atoms with Gasteiger partial charge in [-0.05, 0) is 22.9 Å². The first-order chi connectivity index (χ1) is 11.0. The number of nitrogens with zero attached hydrogens (tertiary/aromatic N) is 1. The minimum absolute atomic E-state index is 0.145. The summed E-state index contributed by atoms with van der Waals surface area (Å²) in [7, 11) is -2.30. The van der Waals surface area contributed by atoms with Gasteiger partial charge in [-0.2, -0.15) is 4.31 Å². The quantitative estimate of drug-likeness (QED) is 0.793. The summed E-state index contributed by atoms with van der Waals surface area (Å²) in [6, 6.07) is 12.7. The molecule has 1 saturated heterocycles. The first kappa shape index (κ1) is 16.3. The Kier molecular flexibility index (Phi) is 4.61. The molecule has 1 aliphatic rings. The Labute approximate surface area is 139 Å². The fraction of sp³-hybridized carbons (Fsp3) is 0.312. The van der Waals surface area contributed by atoms with Crippen molar-refractivity contribution in [2.45, 2.75) is 10.1 Å². The Morgan fingerprint density at radius 3 is 2.70 bits per heavy atom. The van der Waals surface area contributed by atoms with E-state index in [1.807, 2.05) is 24.3 Å². The second kappa shape index (κ2) is 6.51. The van der Waals surface area contributed by atoms with Crippen LogP contribution in [-0.2, 0) is 19.6 Å². The number of sulfonamides is 1. The van der Waals surface area contributed by atoms with E-state index in [1.54, 1.807) is 18.2 Å². The average molecular weight is 351 g/mol. The van der Waals surface area contributed by atoms with Crippen molar-refractivity contribution in [2.24, 2.45) is 0 Å². The summed E-state index contributed by atoms with van der Waals surface area (Å²) in [6.07, 6.45) is 0. The van der Waals surface area contributed by atoms with Crippen molar-refractivity contribution in [1.82, 2.24) is 4.31 Å². The van der Waals surface area contributed by atoms with Gasteiger partial charge in [0.05, 0.1) is 12.0 Å². The van der Waals surface area contributed by atoms with Crippen LogP contribution in [-0.4, -0.2) is 49.9 Å². The molecule has 0 radical (unpaired) electrons. The van der Waals surface area contributed by atoms with Gasteiger partial charge in [0.15, 0.2) is 0 Å². The van der Waals surface area contributed by atoms with Crippen LogP contribution in [0, 0.1) is 0 Å². The summed E-state index contributed by atoms with van der Waals surface area (Å²) in [5.74, 6) is 0.195. The van der Waals surface area contributed by atoms with Crippen LogP contribution in [0.25, 0.3) is 10.8 Å². The number of carbonyl (C=O) groups is 1. The molecule has 122 valence electrons. The van der Waals surface area contributed by atoms with Crippen molar-refractivity contribution in [3.63, 3.8) is 0 Å². The highest BCUT2D eigenvalue weighted by atomic mass is 32.2. The molecule has 3 rings (SSSR count). The number of methoxy groups -OCH3 is 1. The molecule has 2 aromatic carbocycles. The third-order valence-corrected chi connectivity index (χ3v) is 6.88. The molecular weight excluding hydrogens is 334 g/mol. The summed E-state index contributed by atoms with van der Waals surface area (Å²) in [5.41, 5.74) is 0. The maximum atomic E-state index is 12.9. The highest BCUT2D eigenvalue weighted by molar-refractivity contribution is 8.00. The zero-order valence-corrected chi connectivity index (χ0v) is 14.3. The first-order valence-electron chi connectivity index (χ1n) is 7.21. The van der Waals surface area contributed by atoms with Crippen molar-refractivity contribution in [3.05, 3.63) is 42.5 Å². The maximum absolute atomic E-state index is 12.9. The first-order valence-corrected chi connectivity index (χ1v) is 9.69. The zero-order valence-electron chi connectivity index (χ0n) is 12.6. The van der Waals surface area contributed by atoms with Crippen LogP contribution >= 0.6 is 11.8 Å². The number of hydrogen-bond donors (Lipinski definition) is 0. The monoisotopic (exact) mass is 351 g/mol. The Hall–Kier alpha value is -1.57. The number of fused-ring (bicyclic) bond motifs is 1. The van der Waals surface area contributed by atoms with Crippen molar-refractivity contribution in [1.29, 1.82) is 0 Å². The van der Waals surface area contributed by atoms with Gasteiger partial charge < -0.3 is 4.74 Å². The third kappa shape index (κ3) is 3.22. The molecule has 1 fully saturated rings. The molecule has 1 heterocycles. The lowest BCUT2D eigenvalue weighted by Gasteiger charge is -2.30. The zero-order chi connectivity index (χ0) is 16.4. The van der Waals surface area contributed by atoms with Gasteiger partial charge in [-0.3, -0.25) is 4.79 Å². The molecule has 5 nitrogen and oxygen atoms in total. The second-order valence-electron chi connectivity index (χ2n) is 5.25. The number of ether oxygens (including phenoxy) is 1. The van der Waals surface area contributed by atoms with E-state index in [9.17, 15) is 13.2 Å².